The summed E-state index contributed by atoms with van der Waals surface area (Å²) in [5, 5.41) is 8.57. The van der Waals surface area contributed by atoms with E-state index in [0.29, 0.717) is 18.0 Å². The van der Waals surface area contributed by atoms with Crippen LogP contribution >= 0.6 is 11.6 Å². The number of nitrogens with two attached hydrogens (primary N) is 1. The smallest absolute Gasteiger partial charge is 0.263 e. The molecule has 2 aromatic carbocycles. The fourth-order valence-corrected chi connectivity index (χ4v) is 7.45. The lowest BCUT2D eigenvalue weighted by atomic mass is 9.81. The van der Waals surface area contributed by atoms with Gasteiger partial charge in [-0.05, 0) is 69.2 Å². The van der Waals surface area contributed by atoms with Gasteiger partial charge in [0.2, 0.25) is 0 Å². The summed E-state index contributed by atoms with van der Waals surface area (Å²) in [5.41, 5.74) is 7.44. The number of methoxy groups -OCH3 is 2. The second kappa shape index (κ2) is 13.5. The third-order valence-corrected chi connectivity index (χ3v) is 10.0. The van der Waals surface area contributed by atoms with Gasteiger partial charge in [-0.15, -0.1) is 0 Å². The molecule has 0 saturated heterocycles. The Balaban J connectivity index is 1.52. The van der Waals surface area contributed by atoms with Crippen molar-refractivity contribution >= 4 is 44.0 Å². The second-order valence-electron chi connectivity index (χ2n) is 11.4. The topological polar surface area (TPSA) is 133 Å². The maximum atomic E-state index is 15.8. The summed E-state index contributed by atoms with van der Waals surface area (Å²) in [6, 6.07) is 5.97. The van der Waals surface area contributed by atoms with Gasteiger partial charge in [0, 0.05) is 49.6 Å². The van der Waals surface area contributed by atoms with Crippen LogP contribution in [0.5, 0.6) is 5.75 Å². The number of anilines is 2. The Morgan fingerprint density at radius 1 is 1.11 bits per heavy atom. The molecule has 0 bridgehead atoms. The molecule has 0 spiro atoms. The molecule has 5 rings (SSSR count). The van der Waals surface area contributed by atoms with E-state index in [1.165, 1.54) is 25.3 Å². The van der Waals surface area contributed by atoms with Crippen molar-refractivity contribution in [2.75, 3.05) is 37.8 Å². The first-order valence-corrected chi connectivity index (χ1v) is 16.6. The molecule has 1 fully saturated rings. The van der Waals surface area contributed by atoms with E-state index in [1.54, 1.807) is 18.0 Å². The Morgan fingerprint density at radius 2 is 1.84 bits per heavy atom. The van der Waals surface area contributed by atoms with E-state index in [0.717, 1.165) is 55.4 Å². The molecule has 0 aliphatic heterocycles. The van der Waals surface area contributed by atoms with Crippen molar-refractivity contribution in [3.05, 3.63) is 58.7 Å². The number of halogens is 3. The number of hydrogen-bond donors (Lipinski definition) is 3. The summed E-state index contributed by atoms with van der Waals surface area (Å²) in [5.74, 6) is -1.35. The number of ether oxygens (including phenoxy) is 2. The lowest BCUT2D eigenvalue weighted by molar-refractivity contribution is 0.191. The molecular formula is C31H37ClF2N6O4S. The molecule has 0 amide bonds. The number of benzene rings is 2. The van der Waals surface area contributed by atoms with Gasteiger partial charge in [0.05, 0.1) is 35.3 Å². The summed E-state index contributed by atoms with van der Waals surface area (Å²) in [7, 11) is -1.35. The first-order valence-electron chi connectivity index (χ1n) is 14.7. The molecule has 242 valence electrons. The van der Waals surface area contributed by atoms with E-state index < -0.39 is 27.3 Å². The molecule has 0 unspecified atom stereocenters. The van der Waals surface area contributed by atoms with Crippen molar-refractivity contribution in [3.63, 3.8) is 0 Å². The van der Waals surface area contributed by atoms with Crippen molar-refractivity contribution in [1.82, 2.24) is 20.1 Å². The molecule has 0 radical (unpaired) electrons. The van der Waals surface area contributed by atoms with Crippen molar-refractivity contribution in [1.29, 1.82) is 0 Å². The molecule has 10 nitrogen and oxygen atoms in total. The van der Waals surface area contributed by atoms with Gasteiger partial charge in [-0.1, -0.05) is 11.6 Å². The van der Waals surface area contributed by atoms with Crippen LogP contribution in [0.1, 0.15) is 57.1 Å². The molecular weight excluding hydrogens is 626 g/mol. The quantitative estimate of drug-likeness (QED) is 0.160. The van der Waals surface area contributed by atoms with Crippen LogP contribution in [-0.4, -0.2) is 56.6 Å². The van der Waals surface area contributed by atoms with E-state index in [-0.39, 0.29) is 44.7 Å². The van der Waals surface area contributed by atoms with Crippen LogP contribution in [0.25, 0.3) is 22.2 Å². The normalized spacial score (nSPS) is 17.2. The molecule has 4 aromatic rings. The zero-order chi connectivity index (χ0) is 32.5. The number of nitrogen functional groups attached to an aromatic ring is 1. The Morgan fingerprint density at radius 3 is 2.51 bits per heavy atom. The number of aromatic nitrogens is 3. The van der Waals surface area contributed by atoms with Crippen LogP contribution < -0.4 is 20.5 Å². The molecule has 14 heteroatoms. The Kier molecular flexibility index (Phi) is 9.83. The largest absolute Gasteiger partial charge is 0.497 e. The minimum atomic E-state index is -4.40. The summed E-state index contributed by atoms with van der Waals surface area (Å²) in [6.45, 7) is 5.34. The summed E-state index contributed by atoms with van der Waals surface area (Å²) in [6.07, 6.45) is 5.55. The maximum absolute atomic E-state index is 15.8. The van der Waals surface area contributed by atoms with Gasteiger partial charge in [0.15, 0.2) is 0 Å². The van der Waals surface area contributed by atoms with Gasteiger partial charge in [0.1, 0.15) is 33.8 Å². The van der Waals surface area contributed by atoms with E-state index >= 15 is 8.78 Å². The van der Waals surface area contributed by atoms with Gasteiger partial charge in [-0.2, -0.15) is 5.10 Å². The summed E-state index contributed by atoms with van der Waals surface area (Å²) < 4.78 is 71.6. The molecule has 2 aromatic heterocycles. The molecule has 0 atom stereocenters. The first kappa shape index (κ1) is 32.9. The Hall–Kier alpha value is -3.52. The van der Waals surface area contributed by atoms with Crippen LogP contribution in [0.4, 0.5) is 20.3 Å². The minimum Gasteiger partial charge on any atom is -0.497 e. The number of nitrogens with one attached hydrogen (secondary N) is 2. The zero-order valence-corrected chi connectivity index (χ0v) is 27.1. The SMILES string of the molecule is COCCN[C@H]1CC[C@H](c2cnc(N)c3c(-c4cc(F)c(NS(=O)(=O)c5cc(OC)ccc5Cl)cc4F)nn(C(C)C)c32)CC1. The predicted molar refractivity (Wildman–Crippen MR) is 171 cm³/mol. The number of pyridine rings is 1. The predicted octanol–water partition coefficient (Wildman–Crippen LogP) is 6.26. The van der Waals surface area contributed by atoms with Gasteiger partial charge in [0.25, 0.3) is 10.0 Å². The number of hydrogen-bond acceptors (Lipinski definition) is 8. The summed E-state index contributed by atoms with van der Waals surface area (Å²) in [4.78, 5) is 4.11. The Labute approximate surface area is 266 Å². The molecule has 1 aliphatic rings. The highest BCUT2D eigenvalue weighted by atomic mass is 35.5. The van der Waals surface area contributed by atoms with Crippen molar-refractivity contribution in [3.8, 4) is 17.0 Å². The highest BCUT2D eigenvalue weighted by Crippen LogP contribution is 2.42. The average Bonchev–Trinajstić information content (AvgIpc) is 3.41. The lowest BCUT2D eigenvalue weighted by Crippen LogP contribution is -2.34. The van der Waals surface area contributed by atoms with E-state index in [4.69, 9.17) is 31.9 Å². The molecule has 1 aliphatic carbocycles. The number of fused-ring (bicyclic) bond motifs is 1. The average molecular weight is 663 g/mol. The Bertz CT molecular complexity index is 1810. The highest BCUT2D eigenvalue weighted by molar-refractivity contribution is 7.92. The molecule has 1 saturated carbocycles. The monoisotopic (exact) mass is 662 g/mol. The van der Waals surface area contributed by atoms with Crippen LogP contribution in [-0.2, 0) is 14.8 Å². The van der Waals surface area contributed by atoms with Crippen molar-refractivity contribution in [2.24, 2.45) is 0 Å². The lowest BCUT2D eigenvalue weighted by Gasteiger charge is -2.30. The van der Waals surface area contributed by atoms with E-state index in [1.807, 2.05) is 13.8 Å². The van der Waals surface area contributed by atoms with Crippen molar-refractivity contribution < 1.29 is 26.7 Å². The minimum absolute atomic E-state index is 0.110. The highest BCUT2D eigenvalue weighted by Gasteiger charge is 2.30. The third kappa shape index (κ3) is 6.71. The van der Waals surface area contributed by atoms with Crippen LogP contribution in [0.15, 0.2) is 41.4 Å². The van der Waals surface area contributed by atoms with Crippen LogP contribution in [0.3, 0.4) is 0 Å². The fraction of sp³-hybridized carbons (Fsp3) is 0.419. The first-order chi connectivity index (χ1) is 21.4. The third-order valence-electron chi connectivity index (χ3n) is 8.16. The fourth-order valence-electron chi connectivity index (χ4n) is 5.88. The second-order valence-corrected chi connectivity index (χ2v) is 13.5. The summed E-state index contributed by atoms with van der Waals surface area (Å²) >= 11 is 6.10. The van der Waals surface area contributed by atoms with Crippen LogP contribution in [0.2, 0.25) is 5.02 Å². The molecule has 4 N–H and O–H groups in total. The van der Waals surface area contributed by atoms with Gasteiger partial charge in [-0.25, -0.2) is 22.2 Å². The maximum Gasteiger partial charge on any atom is 0.263 e. The standard InChI is InChI=1S/C31H37ClF2N6O4S/c1-17(2)40-30-22(18-5-7-19(8-6-18)36-11-12-43-3)16-37-31(35)28(30)29(38-40)21-14-25(34)26(15-24(21)33)39-45(41,42)27-13-20(44-4)9-10-23(27)32/h9-10,13-19,36,39H,5-8,11-12H2,1-4H3,(H2,35,37)/t18-,19-. The number of rotatable bonds is 11. The number of nitrogens with zero attached hydrogens (tertiary/aromatic N) is 3. The van der Waals surface area contributed by atoms with E-state index in [9.17, 15) is 8.42 Å². The van der Waals surface area contributed by atoms with Crippen LogP contribution in [0, 0.1) is 11.6 Å². The van der Waals surface area contributed by atoms with Gasteiger partial charge < -0.3 is 20.5 Å². The molecule has 2 heterocycles. The number of sulfonamides is 1. The zero-order valence-electron chi connectivity index (χ0n) is 25.5. The molecule has 45 heavy (non-hydrogen) atoms. The van der Waals surface area contributed by atoms with Gasteiger partial charge >= 0.3 is 0 Å². The van der Waals surface area contributed by atoms with E-state index in [2.05, 4.69) is 15.0 Å². The van der Waals surface area contributed by atoms with Crippen molar-refractivity contribution in [2.45, 2.75) is 62.4 Å². The van der Waals surface area contributed by atoms with Gasteiger partial charge in [-0.3, -0.25) is 9.40 Å².